The van der Waals surface area contributed by atoms with Gasteiger partial charge in [0.25, 0.3) is 0 Å². The van der Waals surface area contributed by atoms with E-state index >= 15 is 0 Å². The van der Waals surface area contributed by atoms with E-state index in [-0.39, 0.29) is 6.10 Å². The van der Waals surface area contributed by atoms with Gasteiger partial charge in [-0.2, -0.15) is 5.10 Å². The van der Waals surface area contributed by atoms with Gasteiger partial charge < -0.3 is 9.14 Å². The van der Waals surface area contributed by atoms with Crippen LogP contribution in [0.1, 0.15) is 25.1 Å². The van der Waals surface area contributed by atoms with Crippen molar-refractivity contribution in [1.29, 1.82) is 0 Å². The van der Waals surface area contributed by atoms with Crippen molar-refractivity contribution in [3.8, 4) is 11.3 Å². The van der Waals surface area contributed by atoms with Crippen molar-refractivity contribution in [2.24, 2.45) is 7.05 Å². The molecule has 9 nitrogen and oxygen atoms in total. The minimum Gasteiger partial charge on any atom is -0.373 e. The van der Waals surface area contributed by atoms with Gasteiger partial charge in [0.1, 0.15) is 0 Å². The van der Waals surface area contributed by atoms with E-state index in [1.165, 1.54) is 0 Å². The molecule has 0 aliphatic heterocycles. The predicted molar refractivity (Wildman–Crippen MR) is 112 cm³/mol. The molecule has 5 aromatic rings. The van der Waals surface area contributed by atoms with Crippen molar-refractivity contribution in [2.75, 3.05) is 0 Å². The molecular weight excluding hydrogens is 380 g/mol. The average Bonchev–Trinajstić information content (AvgIpc) is 3.45. The smallest absolute Gasteiger partial charge is 0.221 e. The van der Waals surface area contributed by atoms with E-state index in [9.17, 15) is 0 Å². The summed E-state index contributed by atoms with van der Waals surface area (Å²) < 4.78 is 11.5. The largest absolute Gasteiger partial charge is 0.373 e. The lowest BCUT2D eigenvalue weighted by Gasteiger charge is -2.09. The highest BCUT2D eigenvalue weighted by Crippen LogP contribution is 2.19. The van der Waals surface area contributed by atoms with Gasteiger partial charge >= 0.3 is 0 Å². The molecule has 152 valence electrons. The lowest BCUT2D eigenvalue weighted by Crippen LogP contribution is -2.06. The van der Waals surface area contributed by atoms with Crippen molar-refractivity contribution in [3.63, 3.8) is 0 Å². The zero-order chi connectivity index (χ0) is 20.7. The summed E-state index contributed by atoms with van der Waals surface area (Å²) in [6.45, 7) is 5.19. The normalized spacial score (nSPS) is 11.9. The molecule has 0 N–H and O–H groups in total. The van der Waals surface area contributed by atoms with Crippen LogP contribution >= 0.6 is 0 Å². The van der Waals surface area contributed by atoms with E-state index in [0.29, 0.717) is 24.4 Å². The Kier molecular flexibility index (Phi) is 4.51. The van der Waals surface area contributed by atoms with Crippen LogP contribution in [0.15, 0.2) is 49.1 Å². The molecule has 5 rings (SSSR count). The molecule has 0 saturated carbocycles. The third kappa shape index (κ3) is 3.43. The monoisotopic (exact) mass is 402 g/mol. The molecule has 5 heterocycles. The minimum atomic E-state index is 0.188. The fourth-order valence-corrected chi connectivity index (χ4v) is 3.39. The van der Waals surface area contributed by atoms with E-state index in [1.54, 1.807) is 21.8 Å². The van der Waals surface area contributed by atoms with Gasteiger partial charge in [-0.25, -0.2) is 14.6 Å². The Morgan fingerprint density at radius 3 is 2.73 bits per heavy atom. The summed E-state index contributed by atoms with van der Waals surface area (Å²) >= 11 is 0. The van der Waals surface area contributed by atoms with Gasteiger partial charge in [0.15, 0.2) is 5.65 Å². The number of hydrogen-bond acceptors (Lipinski definition) is 6. The van der Waals surface area contributed by atoms with Crippen LogP contribution in [0.25, 0.3) is 28.1 Å². The number of pyridine rings is 1. The second-order valence-corrected chi connectivity index (χ2v) is 7.57. The van der Waals surface area contributed by atoms with E-state index < -0.39 is 0 Å². The summed E-state index contributed by atoms with van der Waals surface area (Å²) in [7, 11) is 1.87. The number of fused-ring (bicyclic) bond motifs is 2. The lowest BCUT2D eigenvalue weighted by atomic mass is 10.2. The van der Waals surface area contributed by atoms with Crippen molar-refractivity contribution >= 4 is 16.8 Å². The molecule has 9 heteroatoms. The van der Waals surface area contributed by atoms with Crippen LogP contribution in [-0.4, -0.2) is 45.2 Å². The zero-order valence-corrected chi connectivity index (χ0v) is 17.1. The van der Waals surface area contributed by atoms with Gasteiger partial charge in [-0.05, 0) is 37.6 Å². The van der Waals surface area contributed by atoms with Crippen LogP contribution < -0.4 is 0 Å². The Balaban J connectivity index is 1.47. The van der Waals surface area contributed by atoms with Crippen LogP contribution in [0.5, 0.6) is 0 Å². The third-order valence-corrected chi connectivity index (χ3v) is 4.92. The van der Waals surface area contributed by atoms with E-state index in [1.807, 2.05) is 27.1 Å². The van der Waals surface area contributed by atoms with Crippen LogP contribution in [0, 0.1) is 0 Å². The Labute approximate surface area is 172 Å². The topological polar surface area (TPSA) is 88.0 Å². The van der Waals surface area contributed by atoms with Gasteiger partial charge in [0.2, 0.25) is 5.65 Å². The zero-order valence-electron chi connectivity index (χ0n) is 17.1. The van der Waals surface area contributed by atoms with Gasteiger partial charge in [-0.1, -0.05) is 11.3 Å². The highest BCUT2D eigenvalue weighted by molar-refractivity contribution is 5.69. The molecule has 0 amide bonds. The van der Waals surface area contributed by atoms with Crippen LogP contribution in [0.3, 0.4) is 0 Å². The maximum Gasteiger partial charge on any atom is 0.221 e. The maximum absolute atomic E-state index is 5.78. The van der Waals surface area contributed by atoms with E-state index in [0.717, 1.165) is 28.0 Å². The number of ether oxygens (including phenoxy) is 1. The SMILES string of the molecule is CC(C)OCc1ccc2ccc(Cn3nnc4ncc(-c5cnn(C)c5)nc43)cn12. The molecular formula is C21H22N8O. The Bertz CT molecular complexity index is 1330. The van der Waals surface area contributed by atoms with E-state index in [4.69, 9.17) is 9.72 Å². The second-order valence-electron chi connectivity index (χ2n) is 7.57. The summed E-state index contributed by atoms with van der Waals surface area (Å²) in [5.74, 6) is 0. The molecule has 0 spiro atoms. The summed E-state index contributed by atoms with van der Waals surface area (Å²) in [6, 6.07) is 8.38. The molecule has 0 unspecified atom stereocenters. The maximum atomic E-state index is 5.78. The van der Waals surface area contributed by atoms with Crippen molar-refractivity contribution < 1.29 is 4.74 Å². The third-order valence-electron chi connectivity index (χ3n) is 4.92. The highest BCUT2D eigenvalue weighted by atomic mass is 16.5. The summed E-state index contributed by atoms with van der Waals surface area (Å²) in [6.07, 6.45) is 7.67. The molecule has 5 aromatic heterocycles. The van der Waals surface area contributed by atoms with Crippen LogP contribution in [0.2, 0.25) is 0 Å². The predicted octanol–water partition coefficient (Wildman–Crippen LogP) is 2.85. The molecule has 30 heavy (non-hydrogen) atoms. The van der Waals surface area contributed by atoms with E-state index in [2.05, 4.69) is 55.3 Å². The average molecular weight is 402 g/mol. The number of rotatable bonds is 6. The first-order valence-electron chi connectivity index (χ1n) is 9.82. The van der Waals surface area contributed by atoms with Gasteiger partial charge in [-0.15, -0.1) is 5.10 Å². The molecule has 0 saturated heterocycles. The van der Waals surface area contributed by atoms with Crippen molar-refractivity contribution in [1.82, 2.24) is 39.1 Å². The molecule has 0 aliphatic carbocycles. The van der Waals surface area contributed by atoms with Gasteiger partial charge in [-0.3, -0.25) is 4.68 Å². The second kappa shape index (κ2) is 7.34. The first-order chi connectivity index (χ1) is 14.6. The molecule has 0 radical (unpaired) electrons. The summed E-state index contributed by atoms with van der Waals surface area (Å²) in [5, 5.41) is 12.6. The molecule has 0 aromatic carbocycles. The minimum absolute atomic E-state index is 0.188. The number of aromatic nitrogens is 8. The summed E-state index contributed by atoms with van der Waals surface area (Å²) in [4.78, 5) is 9.14. The number of hydrogen-bond donors (Lipinski definition) is 0. The molecule has 0 atom stereocenters. The molecule has 0 fully saturated rings. The highest BCUT2D eigenvalue weighted by Gasteiger charge is 2.12. The lowest BCUT2D eigenvalue weighted by molar-refractivity contribution is 0.0632. The fraction of sp³-hybridized carbons (Fsp3) is 0.286. The quantitative estimate of drug-likeness (QED) is 0.434. The number of nitrogens with zero attached hydrogens (tertiary/aromatic N) is 8. The van der Waals surface area contributed by atoms with Crippen molar-refractivity contribution in [2.45, 2.75) is 33.1 Å². The fourth-order valence-electron chi connectivity index (χ4n) is 3.39. The Morgan fingerprint density at radius 2 is 1.93 bits per heavy atom. The Morgan fingerprint density at radius 1 is 1.07 bits per heavy atom. The molecule has 0 aliphatic rings. The molecule has 0 bridgehead atoms. The van der Waals surface area contributed by atoms with Gasteiger partial charge in [0, 0.05) is 36.2 Å². The van der Waals surface area contributed by atoms with Crippen LogP contribution in [0.4, 0.5) is 0 Å². The summed E-state index contributed by atoms with van der Waals surface area (Å²) in [5.41, 5.74) is 6.15. The first kappa shape index (κ1) is 18.4. The first-order valence-corrected chi connectivity index (χ1v) is 9.82. The Hall–Kier alpha value is -3.59. The van der Waals surface area contributed by atoms with Crippen molar-refractivity contribution in [3.05, 3.63) is 60.3 Å². The van der Waals surface area contributed by atoms with Gasteiger partial charge in [0.05, 0.1) is 37.3 Å². The number of aryl methyl sites for hydroxylation is 1. The van der Waals surface area contributed by atoms with Crippen LogP contribution in [-0.2, 0) is 24.9 Å². The standard InChI is InChI=1S/C21H22N8O/c1-14(2)30-13-18-7-6-17-5-4-15(10-28(17)18)11-29-21-20(25-26-29)22-9-19(24-21)16-8-23-27(3)12-16/h4-10,12,14H,11,13H2,1-3H3.